The lowest BCUT2D eigenvalue weighted by molar-refractivity contribution is -0.137. The summed E-state index contributed by atoms with van der Waals surface area (Å²) in [4.78, 5) is 13.8. The summed E-state index contributed by atoms with van der Waals surface area (Å²) in [5.41, 5.74) is -0.228. The van der Waals surface area contributed by atoms with Gasteiger partial charge in [-0.25, -0.2) is 0 Å². The van der Waals surface area contributed by atoms with Gasteiger partial charge in [-0.2, -0.15) is 13.2 Å². The fourth-order valence-corrected chi connectivity index (χ4v) is 2.41. The monoisotopic (exact) mass is 298 g/mol. The Morgan fingerprint density at radius 3 is 2.48 bits per heavy atom. The average molecular weight is 298 g/mol. The van der Waals surface area contributed by atoms with E-state index in [2.05, 4.69) is 5.32 Å². The van der Waals surface area contributed by atoms with Crippen molar-refractivity contribution in [2.24, 2.45) is 0 Å². The topological polar surface area (TPSA) is 32.3 Å². The summed E-state index contributed by atoms with van der Waals surface area (Å²) in [6.07, 6.45) is -0.534. The molecular weight excluding hydrogens is 281 g/mol. The third-order valence-electron chi connectivity index (χ3n) is 3.42. The second-order valence-corrected chi connectivity index (χ2v) is 4.90. The number of hydrogen-bond acceptors (Lipinski definition) is 2. The smallest absolute Gasteiger partial charge is 0.315 e. The molecule has 1 amide bonds. The third-order valence-corrected chi connectivity index (χ3v) is 3.42. The van der Waals surface area contributed by atoms with Gasteiger partial charge in [-0.1, -0.05) is 6.08 Å². The molecular formula is C15H17F3N2O. The first-order valence-corrected chi connectivity index (χ1v) is 6.77. The highest BCUT2D eigenvalue weighted by Crippen LogP contribution is 2.31. The minimum atomic E-state index is -4.37. The van der Waals surface area contributed by atoms with Crippen LogP contribution in [0.3, 0.4) is 0 Å². The Morgan fingerprint density at radius 1 is 1.33 bits per heavy atom. The van der Waals surface area contributed by atoms with Crippen LogP contribution in [0.25, 0.3) is 0 Å². The van der Waals surface area contributed by atoms with Crippen LogP contribution in [0.4, 0.5) is 18.9 Å². The van der Waals surface area contributed by atoms with Crippen molar-refractivity contribution in [3.8, 4) is 0 Å². The van der Waals surface area contributed by atoms with Crippen LogP contribution in [0.2, 0.25) is 0 Å². The van der Waals surface area contributed by atoms with E-state index in [0.717, 1.165) is 25.1 Å². The first kappa shape index (κ1) is 15.6. The number of allylic oxidation sites excluding steroid dienone is 1. The van der Waals surface area contributed by atoms with Gasteiger partial charge in [0, 0.05) is 12.2 Å². The number of hydrogen-bond donors (Lipinski definition) is 1. The molecule has 0 aromatic heterocycles. The number of anilines is 1. The summed E-state index contributed by atoms with van der Waals surface area (Å²) in [7, 11) is 0. The van der Waals surface area contributed by atoms with Gasteiger partial charge >= 0.3 is 6.18 Å². The van der Waals surface area contributed by atoms with Crippen molar-refractivity contribution in [1.29, 1.82) is 0 Å². The molecule has 1 N–H and O–H groups in total. The molecule has 6 heteroatoms. The first-order valence-electron chi connectivity index (χ1n) is 6.77. The summed E-state index contributed by atoms with van der Waals surface area (Å²) in [6, 6.07) is 4.68. The number of rotatable bonds is 3. The van der Waals surface area contributed by atoms with E-state index in [1.807, 2.05) is 0 Å². The van der Waals surface area contributed by atoms with Crippen LogP contribution >= 0.6 is 0 Å². The fraction of sp³-hybridized carbons (Fsp3) is 0.400. The molecule has 2 rings (SSSR count). The molecule has 1 aliphatic rings. The normalized spacial score (nSPS) is 19.1. The van der Waals surface area contributed by atoms with Gasteiger partial charge in [0.15, 0.2) is 0 Å². The molecule has 1 saturated heterocycles. The lowest BCUT2D eigenvalue weighted by atomic mass is 10.1. The number of nitrogens with zero attached hydrogens (tertiary/aromatic N) is 1. The van der Waals surface area contributed by atoms with Crippen LogP contribution < -0.4 is 10.2 Å². The molecule has 1 aromatic rings. The highest BCUT2D eigenvalue weighted by atomic mass is 19.4. The van der Waals surface area contributed by atoms with Crippen LogP contribution in [0.15, 0.2) is 36.4 Å². The van der Waals surface area contributed by atoms with Crippen molar-refractivity contribution in [3.05, 3.63) is 42.0 Å². The van der Waals surface area contributed by atoms with Gasteiger partial charge < -0.3 is 10.2 Å². The van der Waals surface area contributed by atoms with Gasteiger partial charge in [0.1, 0.15) is 0 Å². The van der Waals surface area contributed by atoms with E-state index in [0.29, 0.717) is 12.2 Å². The van der Waals surface area contributed by atoms with Crippen molar-refractivity contribution in [1.82, 2.24) is 5.32 Å². The van der Waals surface area contributed by atoms with Crippen molar-refractivity contribution in [2.75, 3.05) is 18.0 Å². The first-order chi connectivity index (χ1) is 9.93. The highest BCUT2D eigenvalue weighted by molar-refractivity contribution is 6.01. The molecule has 0 spiro atoms. The van der Waals surface area contributed by atoms with E-state index in [-0.39, 0.29) is 11.9 Å². The Morgan fingerprint density at radius 2 is 2.00 bits per heavy atom. The van der Waals surface area contributed by atoms with E-state index in [1.165, 1.54) is 18.2 Å². The summed E-state index contributed by atoms with van der Waals surface area (Å²) in [6.45, 7) is 3.17. The molecule has 21 heavy (non-hydrogen) atoms. The Bertz CT molecular complexity index is 517. The molecule has 1 aliphatic heterocycles. The van der Waals surface area contributed by atoms with Gasteiger partial charge in [-0.15, -0.1) is 0 Å². The summed E-state index contributed by atoms with van der Waals surface area (Å²) < 4.78 is 37.8. The highest BCUT2D eigenvalue weighted by Gasteiger charge is 2.31. The van der Waals surface area contributed by atoms with Crippen molar-refractivity contribution in [2.45, 2.75) is 25.6 Å². The van der Waals surface area contributed by atoms with E-state index >= 15 is 0 Å². The maximum absolute atomic E-state index is 12.6. The number of nitrogens with one attached hydrogen (secondary N) is 1. The van der Waals surface area contributed by atoms with Crippen molar-refractivity contribution in [3.63, 3.8) is 0 Å². The van der Waals surface area contributed by atoms with Crippen molar-refractivity contribution < 1.29 is 18.0 Å². The second-order valence-electron chi connectivity index (χ2n) is 4.90. The minimum absolute atomic E-state index is 0.0366. The van der Waals surface area contributed by atoms with Gasteiger partial charge in [0.05, 0.1) is 11.6 Å². The van der Waals surface area contributed by atoms with Gasteiger partial charge in [0.2, 0.25) is 0 Å². The quantitative estimate of drug-likeness (QED) is 0.870. The fourth-order valence-electron chi connectivity index (χ4n) is 2.41. The van der Waals surface area contributed by atoms with Crippen LogP contribution in [0.5, 0.6) is 0 Å². The average Bonchev–Trinajstić information content (AvgIpc) is 2.93. The predicted octanol–water partition coefficient (Wildman–Crippen LogP) is 2.98. The van der Waals surface area contributed by atoms with Crippen LogP contribution in [0.1, 0.15) is 18.9 Å². The number of amides is 1. The molecule has 1 fully saturated rings. The van der Waals surface area contributed by atoms with Crippen molar-refractivity contribution >= 4 is 11.6 Å². The minimum Gasteiger partial charge on any atom is -0.315 e. The Balaban J connectivity index is 2.30. The Hall–Kier alpha value is -1.82. The molecule has 1 aromatic carbocycles. The van der Waals surface area contributed by atoms with E-state index in [1.54, 1.807) is 17.9 Å². The third kappa shape index (κ3) is 3.64. The van der Waals surface area contributed by atoms with E-state index in [4.69, 9.17) is 0 Å². The zero-order chi connectivity index (χ0) is 15.5. The Kier molecular flexibility index (Phi) is 4.67. The molecule has 0 radical (unpaired) electrons. The van der Waals surface area contributed by atoms with Crippen LogP contribution in [-0.2, 0) is 11.0 Å². The molecule has 3 nitrogen and oxygen atoms in total. The lowest BCUT2D eigenvalue weighted by Crippen LogP contribution is -2.41. The van der Waals surface area contributed by atoms with Gasteiger partial charge in [-0.3, -0.25) is 4.79 Å². The second kappa shape index (κ2) is 6.30. The molecule has 0 saturated carbocycles. The zero-order valence-corrected chi connectivity index (χ0v) is 11.7. The molecule has 1 heterocycles. The number of halogens is 3. The number of carbonyl (C=O) groups is 1. The number of alkyl halides is 3. The predicted molar refractivity (Wildman–Crippen MR) is 75.0 cm³/mol. The summed E-state index contributed by atoms with van der Waals surface area (Å²) in [5, 5.41) is 3.16. The van der Waals surface area contributed by atoms with Gasteiger partial charge in [-0.05, 0) is 50.2 Å². The number of carbonyl (C=O) groups excluding carboxylic acids is 1. The van der Waals surface area contributed by atoms with Gasteiger partial charge in [0.25, 0.3) is 5.91 Å². The number of benzene rings is 1. The summed E-state index contributed by atoms with van der Waals surface area (Å²) >= 11 is 0. The zero-order valence-electron chi connectivity index (χ0n) is 11.7. The van der Waals surface area contributed by atoms with E-state index < -0.39 is 11.7 Å². The molecule has 0 bridgehead atoms. The standard InChI is InChI=1S/C15H17F3N2O/c1-2-3-14(21)20(13-8-9-19-10-13)12-6-4-11(5-7-12)15(16,17)18/h2-7,13,19H,8-10H2,1H3. The lowest BCUT2D eigenvalue weighted by Gasteiger charge is -2.28. The van der Waals surface area contributed by atoms with E-state index in [9.17, 15) is 18.0 Å². The van der Waals surface area contributed by atoms with Crippen LogP contribution in [-0.4, -0.2) is 25.0 Å². The van der Waals surface area contributed by atoms with Crippen LogP contribution in [0, 0.1) is 0 Å². The maximum Gasteiger partial charge on any atom is 0.416 e. The molecule has 114 valence electrons. The SMILES string of the molecule is CC=CC(=O)N(c1ccc(C(F)(F)F)cc1)C1CCNC1. The summed E-state index contributed by atoms with van der Waals surface area (Å²) in [5.74, 6) is -0.217. The maximum atomic E-state index is 12.6. The molecule has 1 unspecified atom stereocenters. The molecule has 0 aliphatic carbocycles. The Labute approximate surface area is 121 Å². The molecule has 1 atom stereocenters. The largest absolute Gasteiger partial charge is 0.416 e.